The first kappa shape index (κ1) is 37.7. The first-order valence-corrected chi connectivity index (χ1v) is 17.3. The van der Waals surface area contributed by atoms with Crippen LogP contribution < -0.4 is 0 Å². The molecule has 2 aliphatic rings. The number of aromatic nitrogens is 4. The first-order valence-electron chi connectivity index (χ1n) is 17.3. The summed E-state index contributed by atoms with van der Waals surface area (Å²) in [5.74, 6) is -1.27. The van der Waals surface area contributed by atoms with Gasteiger partial charge in [-0.25, -0.2) is 9.97 Å². The van der Waals surface area contributed by atoms with E-state index in [2.05, 4.69) is 9.97 Å². The number of nitrogens with zero attached hydrogens (tertiary/aromatic N) is 2. The van der Waals surface area contributed by atoms with Crippen LogP contribution in [0, 0.1) is 13.8 Å². The number of ether oxygens (including phenoxy) is 4. The second-order valence-electron chi connectivity index (χ2n) is 13.0. The second-order valence-corrected chi connectivity index (χ2v) is 13.0. The van der Waals surface area contributed by atoms with Crippen LogP contribution in [0.25, 0.3) is 44.4 Å². The lowest BCUT2D eigenvalue weighted by atomic mass is 9.98. The topological polar surface area (TPSA) is 163 Å². The van der Waals surface area contributed by atoms with E-state index in [0.29, 0.717) is 37.1 Å². The summed E-state index contributed by atoms with van der Waals surface area (Å²) in [4.78, 5) is 66.4. The normalized spacial score (nSPS) is 12.6. The van der Waals surface area contributed by atoms with Crippen molar-refractivity contribution >= 4 is 68.2 Å². The van der Waals surface area contributed by atoms with Gasteiger partial charge in [0.15, 0.2) is 0 Å². The Kier molecular flexibility index (Phi) is 11.8. The number of fused-ring (bicyclic) bond motifs is 8. The number of methoxy groups -OCH3 is 4. The molecule has 0 aromatic carbocycles. The molecule has 12 nitrogen and oxygen atoms in total. The third-order valence-corrected chi connectivity index (χ3v) is 10.0. The Morgan fingerprint density at radius 2 is 0.827 bits per heavy atom. The van der Waals surface area contributed by atoms with Gasteiger partial charge in [-0.15, -0.1) is 0 Å². The van der Waals surface area contributed by atoms with Gasteiger partial charge in [-0.05, 0) is 122 Å². The number of aryl methyl sites for hydroxylation is 4. The quantitative estimate of drug-likeness (QED) is 0.149. The molecule has 0 saturated heterocycles. The van der Waals surface area contributed by atoms with Gasteiger partial charge >= 0.3 is 23.9 Å². The summed E-state index contributed by atoms with van der Waals surface area (Å²) < 4.78 is 19.8. The van der Waals surface area contributed by atoms with Crippen LogP contribution in [-0.4, -0.2) is 72.3 Å². The number of rotatable bonds is 12. The van der Waals surface area contributed by atoms with Gasteiger partial charge in [-0.2, -0.15) is 0 Å². The van der Waals surface area contributed by atoms with Crippen molar-refractivity contribution in [3.05, 3.63) is 69.3 Å². The number of hydrogen-bond donors (Lipinski definition) is 2. The van der Waals surface area contributed by atoms with Crippen molar-refractivity contribution in [3.63, 3.8) is 0 Å². The van der Waals surface area contributed by atoms with Crippen LogP contribution >= 0.6 is 0 Å². The minimum atomic E-state index is -0.324. The van der Waals surface area contributed by atoms with Crippen molar-refractivity contribution in [2.24, 2.45) is 0 Å². The van der Waals surface area contributed by atoms with Crippen molar-refractivity contribution in [3.8, 4) is 0 Å². The van der Waals surface area contributed by atoms with Crippen molar-refractivity contribution in [1.82, 2.24) is 19.9 Å². The largest absolute Gasteiger partial charge is 0.469 e. The standard InChI is InChI=1S/C40H46N4O8/c1-21-25(9-13-37(45)49-5)33-19-34-27(11-15-39(47)51-7)23(3)31(43-34)18-32-24(4)28(12-16-40(48)52-8)36(44-32)20-35-26(10-14-38(46)50-6)22(2)30(42-35)17-29(21)41-33/h17-20,41,43H,9-16H2,1-8H3. The summed E-state index contributed by atoms with van der Waals surface area (Å²) in [6.07, 6.45) is 2.44. The highest BCUT2D eigenvalue weighted by atomic mass is 16.5. The lowest BCUT2D eigenvalue weighted by Crippen LogP contribution is -2.02. The zero-order chi connectivity index (χ0) is 37.7. The van der Waals surface area contributed by atoms with Crippen molar-refractivity contribution < 1.29 is 38.1 Å². The lowest BCUT2D eigenvalue weighted by molar-refractivity contribution is -0.141. The number of carbonyl (C=O) groups excluding carboxylic acids is 4. The van der Waals surface area contributed by atoms with Gasteiger partial charge in [0.1, 0.15) is 0 Å². The highest BCUT2D eigenvalue weighted by Gasteiger charge is 2.23. The Morgan fingerprint density at radius 1 is 0.481 bits per heavy atom. The van der Waals surface area contributed by atoms with Crippen molar-refractivity contribution in [1.29, 1.82) is 0 Å². The molecule has 8 bridgehead atoms. The average Bonchev–Trinajstić information content (AvgIpc) is 3.80. The van der Waals surface area contributed by atoms with E-state index in [1.807, 2.05) is 52.0 Å². The van der Waals surface area contributed by atoms with Gasteiger partial charge in [-0.1, -0.05) is 0 Å². The summed E-state index contributed by atoms with van der Waals surface area (Å²) in [7, 11) is 5.50. The molecule has 0 saturated carbocycles. The molecule has 12 heteroatoms. The van der Waals surface area contributed by atoms with Gasteiger partial charge in [0.2, 0.25) is 0 Å². The van der Waals surface area contributed by atoms with E-state index in [-0.39, 0.29) is 49.6 Å². The third-order valence-electron chi connectivity index (χ3n) is 10.0. The maximum absolute atomic E-state index is 12.3. The van der Waals surface area contributed by atoms with E-state index in [9.17, 15) is 19.2 Å². The van der Waals surface area contributed by atoms with Crippen LogP contribution in [0.5, 0.6) is 0 Å². The highest BCUT2D eigenvalue weighted by molar-refractivity contribution is 5.96. The van der Waals surface area contributed by atoms with Crippen molar-refractivity contribution in [2.45, 2.75) is 79.1 Å². The Hall–Kier alpha value is -5.52. The van der Waals surface area contributed by atoms with Gasteiger partial charge < -0.3 is 28.9 Å². The molecule has 0 unspecified atom stereocenters. The molecular formula is C40H46N4O8. The molecule has 0 radical (unpaired) electrons. The van der Waals surface area contributed by atoms with Crippen LogP contribution in [-0.2, 0) is 51.0 Å². The van der Waals surface area contributed by atoms with Gasteiger partial charge in [0.25, 0.3) is 0 Å². The Bertz CT molecular complexity index is 2020. The lowest BCUT2D eigenvalue weighted by Gasteiger charge is -2.06. The zero-order valence-corrected chi connectivity index (χ0v) is 31.1. The summed E-state index contributed by atoms with van der Waals surface area (Å²) in [5, 5.41) is 0. The molecule has 0 aliphatic carbocycles. The molecule has 0 atom stereocenters. The Balaban J connectivity index is 1.87. The summed E-state index contributed by atoms with van der Waals surface area (Å²) in [6.45, 7) is 7.98. The third kappa shape index (κ3) is 8.01. The number of hydrogen-bond acceptors (Lipinski definition) is 10. The fourth-order valence-electron chi connectivity index (χ4n) is 6.81. The number of allylic oxidation sites excluding steroid dienone is 4. The van der Waals surface area contributed by atoms with Gasteiger partial charge in [-0.3, -0.25) is 19.2 Å². The van der Waals surface area contributed by atoms with Crippen LogP contribution in [0.3, 0.4) is 0 Å². The van der Waals surface area contributed by atoms with E-state index >= 15 is 0 Å². The van der Waals surface area contributed by atoms with Crippen LogP contribution in [0.15, 0.2) is 24.3 Å². The van der Waals surface area contributed by atoms with E-state index in [1.54, 1.807) is 0 Å². The minimum Gasteiger partial charge on any atom is -0.469 e. The molecule has 5 rings (SSSR count). The van der Waals surface area contributed by atoms with E-state index in [1.165, 1.54) is 28.4 Å². The molecule has 5 heterocycles. The van der Waals surface area contributed by atoms with Crippen LogP contribution in [0.2, 0.25) is 0 Å². The monoisotopic (exact) mass is 710 g/mol. The molecule has 2 aliphatic heterocycles. The fourth-order valence-corrected chi connectivity index (χ4v) is 6.81. The molecule has 3 aromatic heterocycles. The van der Waals surface area contributed by atoms with Crippen LogP contribution in [0.1, 0.15) is 97.4 Å². The molecule has 52 heavy (non-hydrogen) atoms. The minimum absolute atomic E-state index is 0.176. The van der Waals surface area contributed by atoms with Crippen molar-refractivity contribution in [2.75, 3.05) is 28.4 Å². The van der Waals surface area contributed by atoms with E-state index in [0.717, 1.165) is 78.0 Å². The molecule has 2 N–H and O–H groups in total. The molecule has 274 valence electrons. The Morgan fingerprint density at radius 3 is 1.17 bits per heavy atom. The predicted octanol–water partition coefficient (Wildman–Crippen LogP) is 6.91. The highest BCUT2D eigenvalue weighted by Crippen LogP contribution is 2.38. The summed E-state index contributed by atoms with van der Waals surface area (Å²) in [5.41, 5.74) is 13.5. The molecule has 3 aromatic rings. The molecule has 0 spiro atoms. The first-order chi connectivity index (χ1) is 24.9. The number of carbonyl (C=O) groups is 4. The number of esters is 4. The Labute approximate surface area is 302 Å². The van der Waals surface area contributed by atoms with Crippen LogP contribution in [0.4, 0.5) is 0 Å². The van der Waals surface area contributed by atoms with Gasteiger partial charge in [0.05, 0.1) is 51.2 Å². The molecule has 0 amide bonds. The van der Waals surface area contributed by atoms with Gasteiger partial charge in [0, 0.05) is 47.8 Å². The zero-order valence-electron chi connectivity index (χ0n) is 31.1. The summed E-state index contributed by atoms with van der Waals surface area (Å²) >= 11 is 0. The molecular weight excluding hydrogens is 664 g/mol. The average molecular weight is 711 g/mol. The SMILES string of the molecule is COC(=O)CCC1=C(C)c2cc3[nH]c(cc4[nH]c(cc5nc(cc1n2)C(CCC(=O)OC)=C5C)c(C)c4CCC(=O)OC)c(CCC(=O)OC)c3C. The maximum atomic E-state index is 12.3. The van der Waals surface area contributed by atoms with E-state index in [4.69, 9.17) is 28.9 Å². The maximum Gasteiger partial charge on any atom is 0.305 e. The number of nitrogens with one attached hydrogen (secondary N) is 2. The number of aromatic amines is 2. The second kappa shape index (κ2) is 16.2. The fraction of sp³-hybridized carbons (Fsp3) is 0.400. The predicted molar refractivity (Wildman–Crippen MR) is 199 cm³/mol. The number of H-pyrrole nitrogens is 2. The smallest absolute Gasteiger partial charge is 0.305 e. The molecule has 0 fully saturated rings. The summed E-state index contributed by atoms with van der Waals surface area (Å²) in [6, 6.07) is 7.92. The van der Waals surface area contributed by atoms with E-state index < -0.39 is 0 Å².